The Kier molecular flexibility index (Phi) is 4.75. The lowest BCUT2D eigenvalue weighted by Gasteiger charge is -2.18. The van der Waals surface area contributed by atoms with E-state index < -0.39 is 0 Å². The SMILES string of the molecule is CC(S)C(=O)NCC1CCCC1CO. The van der Waals surface area contributed by atoms with Crippen LogP contribution in [0.15, 0.2) is 0 Å². The zero-order valence-corrected chi connectivity index (χ0v) is 9.46. The second-order valence-corrected chi connectivity index (χ2v) is 4.83. The summed E-state index contributed by atoms with van der Waals surface area (Å²) in [4.78, 5) is 11.2. The molecule has 4 heteroatoms. The summed E-state index contributed by atoms with van der Waals surface area (Å²) >= 11 is 4.05. The smallest absolute Gasteiger partial charge is 0.232 e. The van der Waals surface area contributed by atoms with E-state index in [1.807, 2.05) is 0 Å². The number of hydrogen-bond acceptors (Lipinski definition) is 3. The first kappa shape index (κ1) is 11.9. The third-order valence-corrected chi connectivity index (χ3v) is 3.20. The maximum atomic E-state index is 11.2. The maximum Gasteiger partial charge on any atom is 0.232 e. The van der Waals surface area contributed by atoms with Crippen LogP contribution in [0.1, 0.15) is 26.2 Å². The van der Waals surface area contributed by atoms with Gasteiger partial charge < -0.3 is 10.4 Å². The van der Waals surface area contributed by atoms with Gasteiger partial charge in [-0.3, -0.25) is 4.79 Å². The van der Waals surface area contributed by atoms with E-state index in [4.69, 9.17) is 5.11 Å². The van der Waals surface area contributed by atoms with Gasteiger partial charge in [0, 0.05) is 13.2 Å². The number of thiol groups is 1. The average molecular weight is 217 g/mol. The third-order valence-electron chi connectivity index (χ3n) is 2.97. The second kappa shape index (κ2) is 5.61. The number of aliphatic hydroxyl groups is 1. The van der Waals surface area contributed by atoms with Crippen LogP contribution in [0, 0.1) is 11.8 Å². The number of carbonyl (C=O) groups is 1. The first-order chi connectivity index (χ1) is 6.65. The molecule has 1 aliphatic carbocycles. The highest BCUT2D eigenvalue weighted by molar-refractivity contribution is 7.81. The number of rotatable bonds is 4. The van der Waals surface area contributed by atoms with Crippen molar-refractivity contribution in [2.24, 2.45) is 11.8 Å². The molecule has 1 aliphatic rings. The molecule has 0 bridgehead atoms. The van der Waals surface area contributed by atoms with Crippen LogP contribution in [0.5, 0.6) is 0 Å². The molecule has 0 aromatic carbocycles. The van der Waals surface area contributed by atoms with E-state index in [1.54, 1.807) is 6.92 Å². The minimum atomic E-state index is -0.246. The van der Waals surface area contributed by atoms with Gasteiger partial charge in [-0.05, 0) is 31.6 Å². The summed E-state index contributed by atoms with van der Waals surface area (Å²) in [6.07, 6.45) is 3.38. The Morgan fingerprint density at radius 1 is 1.57 bits per heavy atom. The number of nitrogens with one attached hydrogen (secondary N) is 1. The summed E-state index contributed by atoms with van der Waals surface area (Å²) in [7, 11) is 0. The van der Waals surface area contributed by atoms with Gasteiger partial charge in [0.15, 0.2) is 0 Å². The van der Waals surface area contributed by atoms with Crippen molar-refractivity contribution < 1.29 is 9.90 Å². The van der Waals surface area contributed by atoms with Crippen molar-refractivity contribution in [1.29, 1.82) is 0 Å². The standard InChI is InChI=1S/C10H19NO2S/c1-7(14)10(13)11-5-8-3-2-4-9(8)6-12/h7-9,12,14H,2-6H2,1H3,(H,11,13). The summed E-state index contributed by atoms with van der Waals surface area (Å²) < 4.78 is 0. The Hall–Kier alpha value is -0.220. The fourth-order valence-electron chi connectivity index (χ4n) is 2.00. The van der Waals surface area contributed by atoms with E-state index in [0.717, 1.165) is 12.8 Å². The van der Waals surface area contributed by atoms with Gasteiger partial charge in [-0.15, -0.1) is 0 Å². The molecular weight excluding hydrogens is 198 g/mol. The zero-order valence-electron chi connectivity index (χ0n) is 8.57. The van der Waals surface area contributed by atoms with E-state index in [9.17, 15) is 4.79 Å². The molecule has 0 spiro atoms. The monoisotopic (exact) mass is 217 g/mol. The highest BCUT2D eigenvalue weighted by Crippen LogP contribution is 2.30. The van der Waals surface area contributed by atoms with Crippen LogP contribution >= 0.6 is 12.6 Å². The van der Waals surface area contributed by atoms with Crippen LogP contribution < -0.4 is 5.32 Å². The van der Waals surface area contributed by atoms with Gasteiger partial charge in [0.1, 0.15) is 0 Å². The zero-order chi connectivity index (χ0) is 10.6. The first-order valence-corrected chi connectivity index (χ1v) is 5.73. The fraction of sp³-hybridized carbons (Fsp3) is 0.900. The van der Waals surface area contributed by atoms with E-state index >= 15 is 0 Å². The molecule has 0 aliphatic heterocycles. The van der Waals surface area contributed by atoms with Crippen LogP contribution in [0.25, 0.3) is 0 Å². The lowest BCUT2D eigenvalue weighted by Crippen LogP contribution is -2.35. The van der Waals surface area contributed by atoms with Crippen LogP contribution in [0.2, 0.25) is 0 Å². The van der Waals surface area contributed by atoms with Crippen molar-refractivity contribution in [3.05, 3.63) is 0 Å². The van der Waals surface area contributed by atoms with Crippen LogP contribution in [-0.2, 0) is 4.79 Å². The van der Waals surface area contributed by atoms with E-state index in [0.29, 0.717) is 18.4 Å². The van der Waals surface area contributed by atoms with Crippen LogP contribution in [-0.4, -0.2) is 29.4 Å². The molecule has 0 aromatic heterocycles. The largest absolute Gasteiger partial charge is 0.396 e. The van der Waals surface area contributed by atoms with Gasteiger partial charge in [0.2, 0.25) is 5.91 Å². The summed E-state index contributed by atoms with van der Waals surface area (Å²) in [5.41, 5.74) is 0. The van der Waals surface area contributed by atoms with Crippen molar-refractivity contribution in [3.8, 4) is 0 Å². The molecule has 0 aromatic rings. The fourth-order valence-corrected chi connectivity index (χ4v) is 2.09. The Morgan fingerprint density at radius 3 is 2.79 bits per heavy atom. The lowest BCUT2D eigenvalue weighted by atomic mass is 9.97. The lowest BCUT2D eigenvalue weighted by molar-refractivity contribution is -0.120. The predicted octanol–water partition coefficient (Wildman–Crippen LogP) is 0.829. The Balaban J connectivity index is 2.27. The molecule has 1 fully saturated rings. The van der Waals surface area contributed by atoms with E-state index in [1.165, 1.54) is 6.42 Å². The quantitative estimate of drug-likeness (QED) is 0.611. The molecule has 0 radical (unpaired) electrons. The van der Waals surface area contributed by atoms with Gasteiger partial charge in [-0.2, -0.15) is 12.6 Å². The summed E-state index contributed by atoms with van der Waals surface area (Å²) in [5, 5.41) is 11.7. The minimum absolute atomic E-state index is 0.0167. The molecule has 82 valence electrons. The number of aliphatic hydroxyl groups excluding tert-OH is 1. The maximum absolute atomic E-state index is 11.2. The molecule has 1 amide bonds. The van der Waals surface area contributed by atoms with Gasteiger partial charge in [0.05, 0.1) is 5.25 Å². The highest BCUT2D eigenvalue weighted by Gasteiger charge is 2.26. The molecule has 1 saturated carbocycles. The average Bonchev–Trinajstić information content (AvgIpc) is 2.60. The molecular formula is C10H19NO2S. The summed E-state index contributed by atoms with van der Waals surface area (Å²) in [6, 6.07) is 0. The number of hydrogen-bond donors (Lipinski definition) is 3. The topological polar surface area (TPSA) is 49.3 Å². The summed E-state index contributed by atoms with van der Waals surface area (Å²) in [5.74, 6) is 0.818. The van der Waals surface area contributed by atoms with E-state index in [2.05, 4.69) is 17.9 Å². The molecule has 3 atom stereocenters. The molecule has 14 heavy (non-hydrogen) atoms. The Morgan fingerprint density at radius 2 is 2.21 bits per heavy atom. The van der Waals surface area contributed by atoms with Crippen molar-refractivity contribution in [1.82, 2.24) is 5.32 Å². The summed E-state index contributed by atoms with van der Waals surface area (Å²) in [6.45, 7) is 2.70. The van der Waals surface area contributed by atoms with Crippen LogP contribution in [0.3, 0.4) is 0 Å². The van der Waals surface area contributed by atoms with Gasteiger partial charge >= 0.3 is 0 Å². The highest BCUT2D eigenvalue weighted by atomic mass is 32.1. The Bertz CT molecular complexity index is 197. The normalized spacial score (nSPS) is 28.8. The van der Waals surface area contributed by atoms with E-state index in [-0.39, 0.29) is 17.8 Å². The van der Waals surface area contributed by atoms with Crippen molar-refractivity contribution in [2.75, 3.05) is 13.2 Å². The molecule has 3 unspecified atom stereocenters. The second-order valence-electron chi connectivity index (χ2n) is 4.05. The molecule has 1 rings (SSSR count). The van der Waals surface area contributed by atoms with Gasteiger partial charge in [-0.1, -0.05) is 6.42 Å². The predicted molar refractivity (Wildman–Crippen MR) is 59.4 cm³/mol. The van der Waals surface area contributed by atoms with Crippen molar-refractivity contribution >= 4 is 18.5 Å². The van der Waals surface area contributed by atoms with Crippen molar-refractivity contribution in [2.45, 2.75) is 31.4 Å². The van der Waals surface area contributed by atoms with Crippen LogP contribution in [0.4, 0.5) is 0 Å². The molecule has 0 heterocycles. The number of amides is 1. The van der Waals surface area contributed by atoms with Gasteiger partial charge in [-0.25, -0.2) is 0 Å². The third kappa shape index (κ3) is 3.17. The Labute approximate surface area is 90.7 Å². The first-order valence-electron chi connectivity index (χ1n) is 5.21. The molecule has 3 nitrogen and oxygen atoms in total. The molecule has 0 saturated heterocycles. The van der Waals surface area contributed by atoms with Gasteiger partial charge in [0.25, 0.3) is 0 Å². The minimum Gasteiger partial charge on any atom is -0.396 e. The van der Waals surface area contributed by atoms with Crippen molar-refractivity contribution in [3.63, 3.8) is 0 Å². The number of carbonyl (C=O) groups excluding carboxylic acids is 1. The molecule has 2 N–H and O–H groups in total.